The fourth-order valence-corrected chi connectivity index (χ4v) is 4.22. The molecule has 166 valence electrons. The van der Waals surface area contributed by atoms with Crippen LogP contribution in [0.25, 0.3) is 21.8 Å². The number of para-hydroxylation sites is 2. The highest BCUT2D eigenvalue weighted by molar-refractivity contribution is 6.30. The van der Waals surface area contributed by atoms with E-state index in [-0.39, 0.29) is 0 Å². The molecule has 0 aliphatic heterocycles. The Labute approximate surface area is 198 Å². The van der Waals surface area contributed by atoms with Gasteiger partial charge in [-0.25, -0.2) is 4.98 Å². The molecule has 2 N–H and O–H groups in total. The number of rotatable bonds is 9. The summed E-state index contributed by atoms with van der Waals surface area (Å²) in [6.45, 7) is 2.16. The van der Waals surface area contributed by atoms with Gasteiger partial charge < -0.3 is 15.0 Å². The highest BCUT2D eigenvalue weighted by atomic mass is 35.5. The first-order valence-electron chi connectivity index (χ1n) is 11.3. The minimum atomic E-state index is 0.508. The molecule has 5 rings (SSSR count). The second-order valence-electron chi connectivity index (χ2n) is 8.16. The molecule has 4 aromatic carbocycles. The Balaban J connectivity index is 1.23. The normalized spacial score (nSPS) is 11.3. The fourth-order valence-electron chi connectivity index (χ4n) is 4.09. The van der Waals surface area contributed by atoms with Crippen LogP contribution in [0.3, 0.4) is 0 Å². The molecule has 0 unspecified atom stereocenters. The van der Waals surface area contributed by atoms with E-state index in [2.05, 4.69) is 57.7 Å². The molecule has 1 aromatic heterocycles. The third-order valence-corrected chi connectivity index (χ3v) is 6.06. The number of aromatic nitrogens is 2. The lowest BCUT2D eigenvalue weighted by Crippen LogP contribution is -2.16. The summed E-state index contributed by atoms with van der Waals surface area (Å²) in [6.07, 6.45) is 1.92. The van der Waals surface area contributed by atoms with Gasteiger partial charge in [0.15, 0.2) is 0 Å². The number of H-pyrrole nitrogens is 1. The topological polar surface area (TPSA) is 49.9 Å². The van der Waals surface area contributed by atoms with Crippen molar-refractivity contribution in [3.05, 3.63) is 107 Å². The molecule has 0 fully saturated rings. The largest absolute Gasteiger partial charge is 0.489 e. The van der Waals surface area contributed by atoms with Gasteiger partial charge in [-0.05, 0) is 59.6 Å². The van der Waals surface area contributed by atoms with E-state index in [4.69, 9.17) is 16.3 Å². The van der Waals surface area contributed by atoms with Crippen LogP contribution in [0.1, 0.15) is 23.4 Å². The van der Waals surface area contributed by atoms with E-state index in [1.165, 1.54) is 16.3 Å². The summed E-state index contributed by atoms with van der Waals surface area (Å²) < 4.78 is 6.23. The predicted octanol–water partition coefficient (Wildman–Crippen LogP) is 6.67. The minimum Gasteiger partial charge on any atom is -0.489 e. The second kappa shape index (κ2) is 10.1. The molecule has 0 amide bonds. The van der Waals surface area contributed by atoms with E-state index in [1.807, 2.05) is 42.5 Å². The van der Waals surface area contributed by atoms with Crippen LogP contribution in [0.4, 0.5) is 0 Å². The Morgan fingerprint density at radius 2 is 1.70 bits per heavy atom. The van der Waals surface area contributed by atoms with Crippen molar-refractivity contribution < 1.29 is 4.74 Å². The number of aryl methyl sites for hydroxylation is 1. The molecular weight excluding hydrogens is 430 g/mol. The van der Waals surface area contributed by atoms with Gasteiger partial charge in [0.1, 0.15) is 18.2 Å². The molecule has 0 saturated heterocycles. The van der Waals surface area contributed by atoms with Crippen molar-refractivity contribution in [2.45, 2.75) is 26.0 Å². The molecule has 0 aliphatic rings. The third kappa shape index (κ3) is 5.19. The van der Waals surface area contributed by atoms with Crippen LogP contribution >= 0.6 is 11.6 Å². The first-order valence-corrected chi connectivity index (χ1v) is 11.7. The van der Waals surface area contributed by atoms with Gasteiger partial charge in [0.25, 0.3) is 0 Å². The molecule has 0 atom stereocenters. The number of nitrogens with one attached hydrogen (secondary N) is 2. The Morgan fingerprint density at radius 1 is 0.879 bits per heavy atom. The van der Waals surface area contributed by atoms with Gasteiger partial charge in [-0.2, -0.15) is 0 Å². The lowest BCUT2D eigenvalue weighted by molar-refractivity contribution is 0.302. The zero-order valence-electron chi connectivity index (χ0n) is 18.4. The molecule has 0 spiro atoms. The van der Waals surface area contributed by atoms with Gasteiger partial charge in [-0.1, -0.05) is 66.2 Å². The highest BCUT2D eigenvalue weighted by Gasteiger charge is 2.10. The fraction of sp³-hybridized carbons (Fsp3) is 0.179. The molecule has 4 nitrogen and oxygen atoms in total. The molecule has 0 bridgehead atoms. The van der Waals surface area contributed by atoms with Crippen molar-refractivity contribution in [1.82, 2.24) is 15.3 Å². The van der Waals surface area contributed by atoms with Crippen molar-refractivity contribution in [1.29, 1.82) is 0 Å². The van der Waals surface area contributed by atoms with Crippen LogP contribution in [0.2, 0.25) is 5.02 Å². The van der Waals surface area contributed by atoms with Crippen LogP contribution in [0.5, 0.6) is 5.75 Å². The molecule has 5 heteroatoms. The number of halogens is 1. The molecule has 33 heavy (non-hydrogen) atoms. The third-order valence-electron chi connectivity index (χ3n) is 5.81. The lowest BCUT2D eigenvalue weighted by Gasteiger charge is -2.15. The quantitative estimate of drug-likeness (QED) is 0.244. The lowest BCUT2D eigenvalue weighted by atomic mass is 10.0. The summed E-state index contributed by atoms with van der Waals surface area (Å²) in [5, 5.41) is 6.77. The average molecular weight is 456 g/mol. The van der Waals surface area contributed by atoms with Crippen molar-refractivity contribution in [2.24, 2.45) is 0 Å². The van der Waals surface area contributed by atoms with E-state index in [0.717, 1.165) is 59.1 Å². The van der Waals surface area contributed by atoms with Crippen LogP contribution < -0.4 is 10.1 Å². The maximum absolute atomic E-state index is 6.23. The van der Waals surface area contributed by atoms with E-state index in [1.54, 1.807) is 0 Å². The van der Waals surface area contributed by atoms with Crippen molar-refractivity contribution in [3.8, 4) is 5.75 Å². The number of hydrogen-bond acceptors (Lipinski definition) is 3. The Bertz CT molecular complexity index is 1330. The van der Waals surface area contributed by atoms with E-state index < -0.39 is 0 Å². The summed E-state index contributed by atoms with van der Waals surface area (Å²) in [5.41, 5.74) is 4.40. The van der Waals surface area contributed by atoms with Crippen LogP contribution in [0.15, 0.2) is 84.9 Å². The van der Waals surface area contributed by atoms with Gasteiger partial charge in [0.2, 0.25) is 0 Å². The summed E-state index contributed by atoms with van der Waals surface area (Å²) in [4.78, 5) is 8.08. The number of hydrogen-bond donors (Lipinski definition) is 2. The number of imidazole rings is 1. The van der Waals surface area contributed by atoms with Gasteiger partial charge in [0, 0.05) is 23.6 Å². The number of benzene rings is 4. The zero-order valence-corrected chi connectivity index (χ0v) is 19.1. The predicted molar refractivity (Wildman–Crippen MR) is 136 cm³/mol. The van der Waals surface area contributed by atoms with Crippen LogP contribution in [0, 0.1) is 0 Å². The Morgan fingerprint density at radius 3 is 2.58 bits per heavy atom. The molecule has 1 heterocycles. The number of fused-ring (bicyclic) bond motifs is 2. The van der Waals surface area contributed by atoms with Crippen molar-refractivity contribution in [2.75, 3.05) is 6.54 Å². The smallest absolute Gasteiger partial charge is 0.124 e. The standard InChI is InChI=1S/C28H26ClN3O/c29-22-14-11-20(12-15-22)19-33-27-16-13-21-6-1-2-7-23(21)24(27)18-30-17-5-10-28-31-25-8-3-4-9-26(25)32-28/h1-4,6-9,11-16,30H,5,10,17-19H2,(H,31,32). The van der Waals surface area contributed by atoms with Gasteiger partial charge in [-0.3, -0.25) is 0 Å². The van der Waals surface area contributed by atoms with E-state index in [0.29, 0.717) is 6.61 Å². The summed E-state index contributed by atoms with van der Waals surface area (Å²) in [7, 11) is 0. The van der Waals surface area contributed by atoms with Gasteiger partial charge in [-0.15, -0.1) is 0 Å². The highest BCUT2D eigenvalue weighted by Crippen LogP contribution is 2.29. The van der Waals surface area contributed by atoms with Crippen molar-refractivity contribution >= 4 is 33.4 Å². The summed E-state index contributed by atoms with van der Waals surface area (Å²) in [6, 6.07) is 28.6. The maximum Gasteiger partial charge on any atom is 0.124 e. The van der Waals surface area contributed by atoms with Gasteiger partial charge in [0.05, 0.1) is 11.0 Å². The maximum atomic E-state index is 6.23. The first kappa shape index (κ1) is 21.5. The minimum absolute atomic E-state index is 0.508. The molecule has 5 aromatic rings. The zero-order chi connectivity index (χ0) is 22.5. The van der Waals surface area contributed by atoms with Crippen LogP contribution in [-0.4, -0.2) is 16.5 Å². The Kier molecular flexibility index (Phi) is 6.56. The molecule has 0 radical (unpaired) electrons. The van der Waals surface area contributed by atoms with Crippen LogP contribution in [-0.2, 0) is 19.6 Å². The number of ether oxygens (including phenoxy) is 1. The Hall–Kier alpha value is -3.34. The number of nitrogens with zero attached hydrogens (tertiary/aromatic N) is 1. The molecule has 0 saturated carbocycles. The first-order chi connectivity index (χ1) is 16.3. The van der Waals surface area contributed by atoms with Gasteiger partial charge >= 0.3 is 0 Å². The number of aromatic amines is 1. The SMILES string of the molecule is Clc1ccc(COc2ccc3ccccc3c2CNCCCc2nc3ccccc3[nH]2)cc1. The molecule has 0 aliphatic carbocycles. The van der Waals surface area contributed by atoms with Crippen molar-refractivity contribution in [3.63, 3.8) is 0 Å². The van der Waals surface area contributed by atoms with E-state index in [9.17, 15) is 0 Å². The molecular formula is C28H26ClN3O. The second-order valence-corrected chi connectivity index (χ2v) is 8.60. The average Bonchev–Trinajstić information content (AvgIpc) is 3.27. The summed E-state index contributed by atoms with van der Waals surface area (Å²) in [5.74, 6) is 1.95. The summed E-state index contributed by atoms with van der Waals surface area (Å²) >= 11 is 6.01. The monoisotopic (exact) mass is 455 g/mol. The van der Waals surface area contributed by atoms with E-state index >= 15 is 0 Å².